The van der Waals surface area contributed by atoms with Gasteiger partial charge in [-0.05, 0) is 52.8 Å². The standard InChI is InChI=1S/C45H52N4O6S/c1-6-7-8-9-13-26-55-35-22-20-31(21-23-35)34-28-46-41(47-29-34)33-18-16-30(17-19-33)27-36(48-43(52)37-24-25-38(56-37)45(2,3)4)42(51)49-39(44(53)54-5)40(50)32-14-11-10-12-15-32/h10-12,14-25,28-29,36,39-40,50H,6-9,13,26-27H2,1-5H3,(H,48,52)(H,49,51). The van der Waals surface area contributed by atoms with E-state index in [1.165, 1.54) is 44.1 Å². The maximum absolute atomic E-state index is 13.9. The van der Waals surface area contributed by atoms with Gasteiger partial charge in [0.1, 0.15) is 17.9 Å². The fraction of sp³-hybridized carbons (Fsp3) is 0.356. The number of benzene rings is 3. The topological polar surface area (TPSA) is 140 Å². The summed E-state index contributed by atoms with van der Waals surface area (Å²) in [4.78, 5) is 51.0. The molecule has 294 valence electrons. The quantitative estimate of drug-likeness (QED) is 0.0598. The summed E-state index contributed by atoms with van der Waals surface area (Å²) in [6.45, 7) is 9.12. The first-order chi connectivity index (χ1) is 27.0. The van der Waals surface area contributed by atoms with Crippen LogP contribution < -0.4 is 15.4 Å². The second-order valence-corrected chi connectivity index (χ2v) is 15.9. The van der Waals surface area contributed by atoms with Crippen molar-refractivity contribution in [1.82, 2.24) is 20.6 Å². The molecular formula is C45H52N4O6S. The lowest BCUT2D eigenvalue weighted by molar-refractivity contribution is -0.148. The van der Waals surface area contributed by atoms with E-state index in [0.29, 0.717) is 22.9 Å². The molecule has 3 atom stereocenters. The van der Waals surface area contributed by atoms with Crippen LogP contribution in [0.3, 0.4) is 0 Å². The third-order valence-corrected chi connectivity index (χ3v) is 10.9. The van der Waals surface area contributed by atoms with E-state index in [9.17, 15) is 19.5 Å². The van der Waals surface area contributed by atoms with Crippen molar-refractivity contribution in [3.05, 3.63) is 124 Å². The number of aromatic nitrogens is 2. The van der Waals surface area contributed by atoms with E-state index in [4.69, 9.17) is 9.47 Å². The van der Waals surface area contributed by atoms with Crippen molar-refractivity contribution in [3.8, 4) is 28.3 Å². The lowest BCUT2D eigenvalue weighted by Crippen LogP contribution is -2.54. The molecule has 56 heavy (non-hydrogen) atoms. The predicted octanol–water partition coefficient (Wildman–Crippen LogP) is 8.25. The van der Waals surface area contributed by atoms with Gasteiger partial charge in [-0.3, -0.25) is 9.59 Å². The minimum absolute atomic E-state index is 0.100. The number of carbonyl (C=O) groups is 3. The largest absolute Gasteiger partial charge is 0.494 e. The summed E-state index contributed by atoms with van der Waals surface area (Å²) < 4.78 is 10.8. The molecule has 2 aromatic heterocycles. The zero-order valence-corrected chi connectivity index (χ0v) is 33.6. The Labute approximate surface area is 333 Å². The van der Waals surface area contributed by atoms with Gasteiger partial charge in [0.15, 0.2) is 11.9 Å². The number of aliphatic hydroxyl groups excluding tert-OH is 1. The third kappa shape index (κ3) is 11.6. The van der Waals surface area contributed by atoms with Gasteiger partial charge < -0.3 is 25.2 Å². The highest BCUT2D eigenvalue weighted by molar-refractivity contribution is 7.14. The summed E-state index contributed by atoms with van der Waals surface area (Å²) in [7, 11) is 1.19. The summed E-state index contributed by atoms with van der Waals surface area (Å²) in [5, 5.41) is 16.6. The normalized spacial score (nSPS) is 13.0. The highest BCUT2D eigenvalue weighted by Crippen LogP contribution is 2.30. The molecule has 0 aliphatic carbocycles. The summed E-state index contributed by atoms with van der Waals surface area (Å²) in [6, 6.07) is 25.0. The number of carbonyl (C=O) groups excluding carboxylic acids is 3. The van der Waals surface area contributed by atoms with Gasteiger partial charge in [-0.25, -0.2) is 14.8 Å². The first-order valence-electron chi connectivity index (χ1n) is 19.1. The fourth-order valence-electron chi connectivity index (χ4n) is 6.08. The molecule has 0 spiro atoms. The van der Waals surface area contributed by atoms with Crippen molar-refractivity contribution >= 4 is 29.1 Å². The Balaban J connectivity index is 1.29. The van der Waals surface area contributed by atoms with Crippen LogP contribution >= 0.6 is 11.3 Å². The Morgan fingerprint density at radius 2 is 1.45 bits per heavy atom. The molecule has 5 rings (SSSR count). The Morgan fingerprint density at radius 1 is 0.786 bits per heavy atom. The van der Waals surface area contributed by atoms with E-state index < -0.39 is 36.0 Å². The van der Waals surface area contributed by atoms with Gasteiger partial charge >= 0.3 is 5.97 Å². The highest BCUT2D eigenvalue weighted by Gasteiger charge is 2.34. The van der Waals surface area contributed by atoms with Crippen LogP contribution in [0.1, 0.15) is 91.6 Å². The molecule has 10 nitrogen and oxygen atoms in total. The van der Waals surface area contributed by atoms with Gasteiger partial charge in [-0.2, -0.15) is 0 Å². The lowest BCUT2D eigenvalue weighted by atomic mass is 9.95. The number of unbranched alkanes of at least 4 members (excludes halogenated alkanes) is 4. The number of rotatable bonds is 18. The molecule has 2 amide bonds. The van der Waals surface area contributed by atoms with E-state index in [0.717, 1.165) is 39.3 Å². The zero-order chi connectivity index (χ0) is 40.1. The molecule has 2 heterocycles. The minimum Gasteiger partial charge on any atom is -0.494 e. The van der Waals surface area contributed by atoms with Crippen LogP contribution in [0.5, 0.6) is 5.75 Å². The summed E-state index contributed by atoms with van der Waals surface area (Å²) in [5.41, 5.74) is 3.66. The molecule has 3 unspecified atom stereocenters. The molecule has 0 radical (unpaired) electrons. The van der Waals surface area contributed by atoms with Crippen LogP contribution in [0.4, 0.5) is 0 Å². The van der Waals surface area contributed by atoms with Gasteiger partial charge in [-0.1, -0.05) is 120 Å². The maximum Gasteiger partial charge on any atom is 0.331 e. The van der Waals surface area contributed by atoms with Crippen LogP contribution in [-0.2, 0) is 26.2 Å². The summed E-state index contributed by atoms with van der Waals surface area (Å²) >= 11 is 1.36. The number of methoxy groups -OCH3 is 1. The van der Waals surface area contributed by atoms with Crippen LogP contribution in [0.2, 0.25) is 0 Å². The predicted molar refractivity (Wildman–Crippen MR) is 220 cm³/mol. The van der Waals surface area contributed by atoms with Crippen LogP contribution in [0, 0.1) is 0 Å². The number of esters is 1. The SMILES string of the molecule is CCCCCCCOc1ccc(-c2cnc(-c3ccc(CC(NC(=O)c4ccc(C(C)(C)C)s4)C(=O)NC(C(=O)OC)C(O)c4ccccc4)cc3)nc2)cc1. The molecular weight excluding hydrogens is 725 g/mol. The molecule has 3 N–H and O–H groups in total. The van der Waals surface area contributed by atoms with Gasteiger partial charge in [0.05, 0.1) is 18.6 Å². The molecule has 5 aromatic rings. The Morgan fingerprint density at radius 3 is 2.07 bits per heavy atom. The number of hydrogen-bond donors (Lipinski definition) is 3. The molecule has 0 aliphatic rings. The van der Waals surface area contributed by atoms with Crippen LogP contribution in [0.25, 0.3) is 22.5 Å². The van der Waals surface area contributed by atoms with Gasteiger partial charge in [-0.15, -0.1) is 11.3 Å². The smallest absolute Gasteiger partial charge is 0.331 e. The molecule has 0 saturated heterocycles. The summed E-state index contributed by atoms with van der Waals surface area (Å²) in [5.74, 6) is -0.516. The number of amides is 2. The monoisotopic (exact) mass is 776 g/mol. The maximum atomic E-state index is 13.9. The average Bonchev–Trinajstić information content (AvgIpc) is 3.73. The van der Waals surface area contributed by atoms with Crippen molar-refractivity contribution in [2.45, 2.75) is 89.8 Å². The number of thiophene rings is 1. The number of aliphatic hydroxyl groups is 1. The molecule has 0 aliphatic heterocycles. The minimum atomic E-state index is -1.41. The number of hydrogen-bond acceptors (Lipinski definition) is 9. The van der Waals surface area contributed by atoms with E-state index in [-0.39, 0.29) is 11.8 Å². The highest BCUT2D eigenvalue weighted by atomic mass is 32.1. The molecule has 0 fully saturated rings. The van der Waals surface area contributed by atoms with Gasteiger partial charge in [0, 0.05) is 34.8 Å². The molecule has 11 heteroatoms. The van der Waals surface area contributed by atoms with Crippen LogP contribution in [0.15, 0.2) is 103 Å². The average molecular weight is 777 g/mol. The van der Waals surface area contributed by atoms with Crippen molar-refractivity contribution in [2.75, 3.05) is 13.7 Å². The fourth-order valence-corrected chi connectivity index (χ4v) is 7.05. The third-order valence-electron chi connectivity index (χ3n) is 9.41. The van der Waals surface area contributed by atoms with Gasteiger partial charge in [0.2, 0.25) is 5.91 Å². The molecule has 0 saturated carbocycles. The zero-order valence-electron chi connectivity index (χ0n) is 32.8. The Bertz CT molecular complexity index is 2010. The number of nitrogens with zero attached hydrogens (tertiary/aromatic N) is 2. The Hall–Kier alpha value is -5.39. The van der Waals surface area contributed by atoms with Crippen LogP contribution in [-0.4, -0.2) is 58.7 Å². The molecule has 0 bridgehead atoms. The van der Waals surface area contributed by atoms with E-state index in [2.05, 4.69) is 48.3 Å². The lowest BCUT2D eigenvalue weighted by Gasteiger charge is -2.25. The first-order valence-corrected chi connectivity index (χ1v) is 20.0. The van der Waals surface area contributed by atoms with E-state index in [1.807, 2.05) is 54.6 Å². The van der Waals surface area contributed by atoms with Crippen molar-refractivity contribution in [1.29, 1.82) is 0 Å². The number of ether oxygens (including phenoxy) is 2. The van der Waals surface area contributed by atoms with E-state index >= 15 is 0 Å². The first kappa shape index (κ1) is 41.8. The second-order valence-electron chi connectivity index (χ2n) is 14.8. The Kier molecular flexibility index (Phi) is 14.9. The van der Waals surface area contributed by atoms with Crippen molar-refractivity contribution in [3.63, 3.8) is 0 Å². The van der Waals surface area contributed by atoms with E-state index in [1.54, 1.807) is 48.8 Å². The molecule has 3 aromatic carbocycles. The van der Waals surface area contributed by atoms with Crippen molar-refractivity contribution in [2.24, 2.45) is 0 Å². The van der Waals surface area contributed by atoms with Gasteiger partial charge in [0.25, 0.3) is 5.91 Å². The number of nitrogens with one attached hydrogen (secondary N) is 2. The van der Waals surface area contributed by atoms with Crippen molar-refractivity contribution < 1.29 is 29.0 Å². The second kappa shape index (κ2) is 20.0. The summed E-state index contributed by atoms with van der Waals surface area (Å²) in [6.07, 6.45) is 8.26.